The molecule has 0 amide bonds. The number of hydrogen-bond donors (Lipinski definition) is 1. The lowest BCUT2D eigenvalue weighted by Crippen LogP contribution is -2.41. The van der Waals surface area contributed by atoms with Crippen LogP contribution in [0.25, 0.3) is 0 Å². The molecule has 1 saturated heterocycles. The molecule has 0 aromatic heterocycles. The van der Waals surface area contributed by atoms with E-state index in [4.69, 9.17) is 9.47 Å². The van der Waals surface area contributed by atoms with Crippen LogP contribution in [0.3, 0.4) is 0 Å². The number of benzene rings is 1. The fourth-order valence-electron chi connectivity index (χ4n) is 2.72. The minimum atomic E-state index is 0. The first-order chi connectivity index (χ1) is 11.1. The van der Waals surface area contributed by atoms with E-state index in [-0.39, 0.29) is 30.1 Å². The molecular formula is C18H30IN3O2. The van der Waals surface area contributed by atoms with Gasteiger partial charge in [0.25, 0.3) is 0 Å². The molecular weight excluding hydrogens is 417 g/mol. The van der Waals surface area contributed by atoms with Crippen molar-refractivity contribution >= 4 is 29.9 Å². The van der Waals surface area contributed by atoms with Crippen LogP contribution in [0.15, 0.2) is 29.3 Å². The molecule has 1 atom stereocenters. The molecule has 1 aliphatic rings. The fourth-order valence-corrected chi connectivity index (χ4v) is 2.72. The third-order valence-electron chi connectivity index (χ3n) is 3.88. The summed E-state index contributed by atoms with van der Waals surface area (Å²) in [5, 5.41) is 3.41. The van der Waals surface area contributed by atoms with Crippen molar-refractivity contribution in [2.24, 2.45) is 10.9 Å². The Kier molecular flexibility index (Phi) is 9.43. The zero-order valence-electron chi connectivity index (χ0n) is 15.1. The minimum Gasteiger partial charge on any atom is -0.491 e. The molecule has 0 aliphatic carbocycles. The van der Waals surface area contributed by atoms with Gasteiger partial charge in [0.15, 0.2) is 5.96 Å². The van der Waals surface area contributed by atoms with Crippen LogP contribution in [-0.2, 0) is 11.3 Å². The summed E-state index contributed by atoms with van der Waals surface area (Å²) in [5.41, 5.74) is 1.21. The Balaban J connectivity index is 0.00000288. The maximum atomic E-state index is 5.66. The molecule has 24 heavy (non-hydrogen) atoms. The quantitative estimate of drug-likeness (QED) is 0.414. The number of aliphatic imine (C=N–C) groups is 1. The number of guanidine groups is 1. The normalized spacial score (nSPS) is 17.5. The third kappa shape index (κ3) is 6.84. The lowest BCUT2D eigenvalue weighted by atomic mass is 10.1. The second-order valence-corrected chi connectivity index (χ2v) is 6.32. The second kappa shape index (κ2) is 10.8. The molecule has 1 fully saturated rings. The molecule has 1 heterocycles. The maximum Gasteiger partial charge on any atom is 0.193 e. The van der Waals surface area contributed by atoms with Crippen LogP contribution in [0.2, 0.25) is 0 Å². The zero-order valence-corrected chi connectivity index (χ0v) is 17.4. The van der Waals surface area contributed by atoms with Crippen molar-refractivity contribution in [2.45, 2.75) is 32.9 Å². The Morgan fingerprint density at radius 3 is 2.62 bits per heavy atom. The van der Waals surface area contributed by atoms with Gasteiger partial charge in [-0.15, -0.1) is 24.0 Å². The van der Waals surface area contributed by atoms with E-state index in [1.165, 1.54) is 5.56 Å². The molecule has 0 spiro atoms. The Bertz CT molecular complexity index is 499. The highest BCUT2D eigenvalue weighted by molar-refractivity contribution is 14.0. The molecule has 1 aliphatic heterocycles. The number of halogens is 1. The van der Waals surface area contributed by atoms with Crippen molar-refractivity contribution in [2.75, 3.05) is 33.9 Å². The fraction of sp³-hybridized carbons (Fsp3) is 0.611. The van der Waals surface area contributed by atoms with Crippen LogP contribution in [0.5, 0.6) is 5.75 Å². The average Bonchev–Trinajstić information content (AvgIpc) is 3.02. The SMILES string of the molecule is CN=C(NCc1ccc(OC(C)C)cc1)N(C)CC1CCOC1.I. The molecule has 0 bridgehead atoms. The number of hydrogen-bond acceptors (Lipinski definition) is 3. The molecule has 1 N–H and O–H groups in total. The Morgan fingerprint density at radius 1 is 1.38 bits per heavy atom. The summed E-state index contributed by atoms with van der Waals surface area (Å²) in [6.45, 7) is 7.53. The highest BCUT2D eigenvalue weighted by Gasteiger charge is 2.18. The standard InChI is InChI=1S/C18H29N3O2.HI/c1-14(2)23-17-7-5-15(6-8-17)11-20-18(19-3)21(4)12-16-9-10-22-13-16;/h5-8,14,16H,9-13H2,1-4H3,(H,19,20);1H. The van der Waals surface area contributed by atoms with Crippen LogP contribution in [0, 0.1) is 5.92 Å². The van der Waals surface area contributed by atoms with E-state index in [0.29, 0.717) is 5.92 Å². The minimum absolute atomic E-state index is 0. The van der Waals surface area contributed by atoms with E-state index in [1.807, 2.05) is 33.0 Å². The number of nitrogens with zero attached hydrogens (tertiary/aromatic N) is 2. The first-order valence-electron chi connectivity index (χ1n) is 8.33. The second-order valence-electron chi connectivity index (χ2n) is 6.32. The predicted molar refractivity (Wildman–Crippen MR) is 109 cm³/mol. The van der Waals surface area contributed by atoms with Crippen LogP contribution in [-0.4, -0.2) is 50.8 Å². The van der Waals surface area contributed by atoms with Gasteiger partial charge >= 0.3 is 0 Å². The summed E-state index contributed by atoms with van der Waals surface area (Å²) in [5.74, 6) is 2.43. The summed E-state index contributed by atoms with van der Waals surface area (Å²) in [7, 11) is 3.90. The lowest BCUT2D eigenvalue weighted by molar-refractivity contribution is 0.181. The van der Waals surface area contributed by atoms with Gasteiger partial charge in [-0.1, -0.05) is 12.1 Å². The van der Waals surface area contributed by atoms with Gasteiger partial charge in [0.2, 0.25) is 0 Å². The summed E-state index contributed by atoms with van der Waals surface area (Å²) in [6.07, 6.45) is 1.34. The lowest BCUT2D eigenvalue weighted by Gasteiger charge is -2.24. The Morgan fingerprint density at radius 2 is 2.08 bits per heavy atom. The molecule has 1 aromatic carbocycles. The molecule has 1 aromatic rings. The number of nitrogens with one attached hydrogen (secondary N) is 1. The van der Waals surface area contributed by atoms with Crippen molar-refractivity contribution in [3.63, 3.8) is 0 Å². The van der Waals surface area contributed by atoms with Crippen LogP contribution >= 0.6 is 24.0 Å². The molecule has 0 saturated carbocycles. The topological polar surface area (TPSA) is 46.1 Å². The molecule has 1 unspecified atom stereocenters. The summed E-state index contributed by atoms with van der Waals surface area (Å²) in [6, 6.07) is 8.20. The predicted octanol–water partition coefficient (Wildman–Crippen LogP) is 3.14. The maximum absolute atomic E-state index is 5.66. The monoisotopic (exact) mass is 447 g/mol. The van der Waals surface area contributed by atoms with Crippen LogP contribution in [0.4, 0.5) is 0 Å². The molecule has 6 heteroatoms. The summed E-state index contributed by atoms with van der Waals surface area (Å²) < 4.78 is 11.1. The van der Waals surface area contributed by atoms with Gasteiger partial charge in [-0.2, -0.15) is 0 Å². The van der Waals surface area contributed by atoms with Crippen molar-refractivity contribution in [3.8, 4) is 5.75 Å². The van der Waals surface area contributed by atoms with E-state index >= 15 is 0 Å². The van der Waals surface area contributed by atoms with Crippen molar-refractivity contribution < 1.29 is 9.47 Å². The molecule has 136 valence electrons. The number of rotatable bonds is 6. The zero-order chi connectivity index (χ0) is 16.7. The summed E-state index contributed by atoms with van der Waals surface area (Å²) in [4.78, 5) is 6.54. The average molecular weight is 447 g/mol. The van der Waals surface area contributed by atoms with Gasteiger partial charge in [-0.25, -0.2) is 0 Å². The highest BCUT2D eigenvalue weighted by Crippen LogP contribution is 2.15. The molecule has 0 radical (unpaired) electrons. The van der Waals surface area contributed by atoms with Crippen molar-refractivity contribution in [3.05, 3.63) is 29.8 Å². The largest absolute Gasteiger partial charge is 0.491 e. The van der Waals surface area contributed by atoms with E-state index in [2.05, 4.69) is 34.4 Å². The summed E-state index contributed by atoms with van der Waals surface area (Å²) >= 11 is 0. The Hall–Kier alpha value is -1.02. The van der Waals surface area contributed by atoms with E-state index in [1.54, 1.807) is 0 Å². The van der Waals surface area contributed by atoms with Crippen LogP contribution < -0.4 is 10.1 Å². The van der Waals surface area contributed by atoms with Crippen LogP contribution in [0.1, 0.15) is 25.8 Å². The smallest absolute Gasteiger partial charge is 0.193 e. The van der Waals surface area contributed by atoms with Crippen molar-refractivity contribution in [1.29, 1.82) is 0 Å². The highest BCUT2D eigenvalue weighted by atomic mass is 127. The van der Waals surface area contributed by atoms with Gasteiger partial charge in [-0.05, 0) is 38.0 Å². The molecule has 2 rings (SSSR count). The van der Waals surface area contributed by atoms with E-state index < -0.39 is 0 Å². The molecule has 5 nitrogen and oxygen atoms in total. The van der Waals surface area contributed by atoms with Gasteiger partial charge < -0.3 is 19.7 Å². The van der Waals surface area contributed by atoms with E-state index in [0.717, 1.165) is 44.4 Å². The first kappa shape index (κ1) is 21.0. The van der Waals surface area contributed by atoms with Gasteiger partial charge in [0.05, 0.1) is 12.7 Å². The third-order valence-corrected chi connectivity index (χ3v) is 3.88. The van der Waals surface area contributed by atoms with Gasteiger partial charge in [0, 0.05) is 39.7 Å². The van der Waals surface area contributed by atoms with Gasteiger partial charge in [-0.3, -0.25) is 4.99 Å². The first-order valence-corrected chi connectivity index (χ1v) is 8.33. The van der Waals surface area contributed by atoms with Crippen molar-refractivity contribution in [1.82, 2.24) is 10.2 Å². The Labute approximate surface area is 162 Å². The number of ether oxygens (including phenoxy) is 2. The van der Waals surface area contributed by atoms with Gasteiger partial charge in [0.1, 0.15) is 5.75 Å². The van der Waals surface area contributed by atoms with E-state index in [9.17, 15) is 0 Å².